The Morgan fingerprint density at radius 2 is 1.07 bits per heavy atom. The summed E-state index contributed by atoms with van der Waals surface area (Å²) >= 11 is 0. The molecule has 0 saturated carbocycles. The summed E-state index contributed by atoms with van der Waals surface area (Å²) in [4.78, 5) is 0. The lowest BCUT2D eigenvalue weighted by Crippen LogP contribution is -2.10. The van der Waals surface area contributed by atoms with Crippen LogP contribution in [0, 0.1) is 0 Å². The molecular formula is C36H38NO2P. The van der Waals surface area contributed by atoms with E-state index in [1.807, 2.05) is 6.07 Å². The van der Waals surface area contributed by atoms with Crippen LogP contribution in [0.3, 0.4) is 0 Å². The minimum absolute atomic E-state index is 0.0698. The number of fused-ring (bicyclic) bond motifs is 7. The molecule has 5 aromatic carbocycles. The van der Waals surface area contributed by atoms with Gasteiger partial charge >= 0.3 is 8.16 Å². The molecule has 204 valence electrons. The van der Waals surface area contributed by atoms with Crippen LogP contribution in [0.1, 0.15) is 71.2 Å². The zero-order valence-corrected chi connectivity index (χ0v) is 25.4. The Morgan fingerprint density at radius 1 is 0.600 bits per heavy atom. The molecule has 0 aliphatic carbocycles. The SMILES string of the molecule is C[C@H](Np1oc2ccc3cc(C(C)(C)C)ccc3c2c2c(ccc3cc(C(C)(C)C)ccc32)o1)c1ccccc1. The Labute approximate surface area is 237 Å². The van der Waals surface area contributed by atoms with Gasteiger partial charge in [-0.2, -0.15) is 0 Å². The number of hydrogen-bond donors (Lipinski definition) is 1. The molecule has 0 aliphatic rings. The highest BCUT2D eigenvalue weighted by Gasteiger charge is 2.19. The van der Waals surface area contributed by atoms with Crippen molar-refractivity contribution in [2.45, 2.75) is 65.3 Å². The molecule has 0 amide bonds. The molecule has 6 rings (SSSR count). The molecule has 0 spiro atoms. The standard InChI is InChI=1S/C36H38NO2P/c1-23(24-11-9-8-10-12-24)37-40-38-31-19-13-25-21-27(35(2,3)4)15-17-29(25)33(31)34-30-18-16-28(36(5,6)7)22-26(30)14-20-32(34)39-40/h8-23,37H,1-7H3/t23-/m0/s1. The van der Waals surface area contributed by atoms with Crippen LogP contribution >= 0.6 is 8.16 Å². The topological polar surface area (TPSA) is 38.3 Å². The summed E-state index contributed by atoms with van der Waals surface area (Å²) in [6, 6.07) is 32.8. The average Bonchev–Trinajstić information content (AvgIpc) is 3.08. The van der Waals surface area contributed by atoms with E-state index in [4.69, 9.17) is 8.39 Å². The van der Waals surface area contributed by atoms with Crippen molar-refractivity contribution in [3.8, 4) is 0 Å². The number of benzene rings is 5. The molecule has 1 aromatic heterocycles. The minimum Gasteiger partial charge on any atom is -0.408 e. The van der Waals surface area contributed by atoms with Crippen LogP contribution in [0.5, 0.6) is 0 Å². The summed E-state index contributed by atoms with van der Waals surface area (Å²) in [5.74, 6) is 0. The smallest absolute Gasteiger partial charge is 0.307 e. The first-order valence-electron chi connectivity index (χ1n) is 14.1. The van der Waals surface area contributed by atoms with Gasteiger partial charge in [0.15, 0.2) is 0 Å². The van der Waals surface area contributed by atoms with Gasteiger partial charge in [-0.05, 0) is 68.1 Å². The number of hydrogen-bond acceptors (Lipinski definition) is 3. The van der Waals surface area contributed by atoms with Gasteiger partial charge in [-0.1, -0.05) is 120 Å². The Morgan fingerprint density at radius 3 is 1.52 bits per heavy atom. The molecule has 1 N–H and O–H groups in total. The molecule has 1 atom stereocenters. The number of rotatable bonds is 3. The normalized spacial score (nSPS) is 13.4. The van der Waals surface area contributed by atoms with E-state index in [0.29, 0.717) is 0 Å². The van der Waals surface area contributed by atoms with Crippen molar-refractivity contribution in [1.29, 1.82) is 0 Å². The first kappa shape index (κ1) is 26.7. The zero-order valence-electron chi connectivity index (χ0n) is 24.5. The maximum atomic E-state index is 6.70. The van der Waals surface area contributed by atoms with E-state index in [-0.39, 0.29) is 16.9 Å². The van der Waals surface area contributed by atoms with Crippen molar-refractivity contribution < 1.29 is 8.39 Å². The van der Waals surface area contributed by atoms with E-state index >= 15 is 0 Å². The summed E-state index contributed by atoms with van der Waals surface area (Å²) < 4.78 is 13.4. The fourth-order valence-corrected chi connectivity index (χ4v) is 6.71. The molecule has 0 saturated heterocycles. The van der Waals surface area contributed by atoms with Crippen molar-refractivity contribution >= 4 is 51.6 Å². The van der Waals surface area contributed by atoms with Crippen LogP contribution in [0.2, 0.25) is 0 Å². The third-order valence-corrected chi connectivity index (χ3v) is 9.23. The molecule has 0 unspecified atom stereocenters. The predicted molar refractivity (Wildman–Crippen MR) is 173 cm³/mol. The van der Waals surface area contributed by atoms with E-state index in [1.54, 1.807) is 0 Å². The van der Waals surface area contributed by atoms with Crippen LogP contribution in [0.25, 0.3) is 43.5 Å². The van der Waals surface area contributed by atoms with Crippen molar-refractivity contribution in [3.05, 3.63) is 108 Å². The number of nitrogens with one attached hydrogen (secondary N) is 1. The van der Waals surface area contributed by atoms with Crippen molar-refractivity contribution in [2.75, 3.05) is 5.09 Å². The molecule has 0 radical (unpaired) electrons. The van der Waals surface area contributed by atoms with Crippen LogP contribution in [0.15, 0.2) is 99.4 Å². The summed E-state index contributed by atoms with van der Waals surface area (Å²) in [6.45, 7) is 15.7. The molecular weight excluding hydrogens is 509 g/mol. The van der Waals surface area contributed by atoms with Crippen LogP contribution in [-0.2, 0) is 10.8 Å². The van der Waals surface area contributed by atoms with Crippen molar-refractivity contribution in [1.82, 2.24) is 0 Å². The Kier molecular flexibility index (Phi) is 6.56. The third-order valence-electron chi connectivity index (χ3n) is 7.91. The van der Waals surface area contributed by atoms with E-state index in [2.05, 4.69) is 138 Å². The second-order valence-corrected chi connectivity index (χ2v) is 14.1. The monoisotopic (exact) mass is 547 g/mol. The first-order valence-corrected chi connectivity index (χ1v) is 15.3. The van der Waals surface area contributed by atoms with Crippen molar-refractivity contribution in [2.24, 2.45) is 0 Å². The van der Waals surface area contributed by atoms with Gasteiger partial charge in [0.05, 0.1) is 0 Å². The van der Waals surface area contributed by atoms with Gasteiger partial charge in [-0.25, -0.2) is 5.09 Å². The highest BCUT2D eigenvalue weighted by Crippen LogP contribution is 2.42. The van der Waals surface area contributed by atoms with Gasteiger partial charge in [0.2, 0.25) is 0 Å². The summed E-state index contributed by atoms with van der Waals surface area (Å²) in [7, 11) is -1.44. The second kappa shape index (κ2) is 9.84. The largest absolute Gasteiger partial charge is 0.408 e. The fourth-order valence-electron chi connectivity index (χ4n) is 5.44. The lowest BCUT2D eigenvalue weighted by Gasteiger charge is -2.20. The highest BCUT2D eigenvalue weighted by atomic mass is 31.1. The van der Waals surface area contributed by atoms with Crippen LogP contribution < -0.4 is 5.09 Å². The zero-order chi connectivity index (χ0) is 28.2. The molecule has 0 bridgehead atoms. The lowest BCUT2D eigenvalue weighted by atomic mass is 9.84. The first-order chi connectivity index (χ1) is 19.0. The van der Waals surface area contributed by atoms with E-state index < -0.39 is 8.16 Å². The third kappa shape index (κ3) is 4.94. The maximum absolute atomic E-state index is 6.70. The lowest BCUT2D eigenvalue weighted by molar-refractivity contribution is 0.591. The summed E-state index contributed by atoms with van der Waals surface area (Å²) in [5, 5.41) is 10.6. The quantitative estimate of drug-likeness (QED) is 0.239. The Bertz CT molecular complexity index is 1790. The van der Waals surface area contributed by atoms with Gasteiger partial charge in [0.25, 0.3) is 0 Å². The fraction of sp³-hybridized carbons (Fsp3) is 0.278. The van der Waals surface area contributed by atoms with E-state index in [9.17, 15) is 0 Å². The molecule has 1 heterocycles. The molecule has 0 aliphatic heterocycles. The average molecular weight is 548 g/mol. The molecule has 6 aromatic rings. The Hall–Kier alpha value is -3.52. The predicted octanol–water partition coefficient (Wildman–Crippen LogP) is 11.5. The summed E-state index contributed by atoms with van der Waals surface area (Å²) in [6.07, 6.45) is 0. The molecule has 4 heteroatoms. The summed E-state index contributed by atoms with van der Waals surface area (Å²) in [5.41, 5.74) is 5.67. The maximum Gasteiger partial charge on any atom is 0.307 e. The van der Waals surface area contributed by atoms with Crippen molar-refractivity contribution in [3.63, 3.8) is 0 Å². The van der Waals surface area contributed by atoms with Gasteiger partial charge in [0, 0.05) is 16.8 Å². The molecule has 40 heavy (non-hydrogen) atoms. The molecule has 3 nitrogen and oxygen atoms in total. The van der Waals surface area contributed by atoms with E-state index in [1.165, 1.54) is 38.2 Å². The van der Waals surface area contributed by atoms with Gasteiger partial charge in [0.1, 0.15) is 11.2 Å². The van der Waals surface area contributed by atoms with E-state index in [0.717, 1.165) is 21.9 Å². The van der Waals surface area contributed by atoms with Gasteiger partial charge in [-0.15, -0.1) is 0 Å². The van der Waals surface area contributed by atoms with Crippen LogP contribution in [-0.4, -0.2) is 0 Å². The highest BCUT2D eigenvalue weighted by molar-refractivity contribution is 7.38. The second-order valence-electron chi connectivity index (χ2n) is 13.0. The minimum atomic E-state index is -1.44. The van der Waals surface area contributed by atoms with Gasteiger partial charge < -0.3 is 8.39 Å². The Balaban J connectivity index is 1.69. The van der Waals surface area contributed by atoms with Gasteiger partial charge in [-0.3, -0.25) is 0 Å². The molecule has 0 fully saturated rings. The van der Waals surface area contributed by atoms with Crippen LogP contribution in [0.4, 0.5) is 0 Å².